The SMILES string of the molecule is CCc1ccc(OC(C)C(=O)Oc2ccc(C(=O)O)cc2)cc1. The van der Waals surface area contributed by atoms with Crippen LogP contribution in [0.4, 0.5) is 0 Å². The Balaban J connectivity index is 1.94. The molecule has 0 aromatic heterocycles. The first-order chi connectivity index (χ1) is 11.0. The van der Waals surface area contributed by atoms with E-state index in [-0.39, 0.29) is 11.3 Å². The molecule has 0 aliphatic rings. The molecule has 0 amide bonds. The number of hydrogen-bond donors (Lipinski definition) is 1. The molecular formula is C18H18O5. The van der Waals surface area contributed by atoms with Crippen LogP contribution in [0.25, 0.3) is 0 Å². The zero-order chi connectivity index (χ0) is 16.8. The van der Waals surface area contributed by atoms with E-state index < -0.39 is 18.0 Å². The lowest BCUT2D eigenvalue weighted by molar-refractivity contribution is -0.141. The largest absolute Gasteiger partial charge is 0.479 e. The third-order valence-corrected chi connectivity index (χ3v) is 3.30. The molecule has 5 nitrogen and oxygen atoms in total. The van der Waals surface area contributed by atoms with E-state index in [0.717, 1.165) is 6.42 Å². The van der Waals surface area contributed by atoms with Gasteiger partial charge in [0.15, 0.2) is 6.10 Å². The van der Waals surface area contributed by atoms with Crippen molar-refractivity contribution in [1.29, 1.82) is 0 Å². The van der Waals surface area contributed by atoms with Gasteiger partial charge >= 0.3 is 11.9 Å². The normalized spacial score (nSPS) is 11.6. The van der Waals surface area contributed by atoms with Crippen LogP contribution < -0.4 is 9.47 Å². The Morgan fingerprint density at radius 2 is 1.57 bits per heavy atom. The Hall–Kier alpha value is -2.82. The summed E-state index contributed by atoms with van der Waals surface area (Å²) in [6.07, 6.45) is 0.158. The molecule has 0 saturated heterocycles. The van der Waals surface area contributed by atoms with Gasteiger partial charge in [0.1, 0.15) is 11.5 Å². The highest BCUT2D eigenvalue weighted by Gasteiger charge is 2.17. The second kappa shape index (κ2) is 7.45. The van der Waals surface area contributed by atoms with E-state index >= 15 is 0 Å². The van der Waals surface area contributed by atoms with Crippen molar-refractivity contribution in [2.75, 3.05) is 0 Å². The summed E-state index contributed by atoms with van der Waals surface area (Å²) in [6, 6.07) is 13.1. The summed E-state index contributed by atoms with van der Waals surface area (Å²) in [4.78, 5) is 22.8. The molecule has 0 aliphatic carbocycles. The molecule has 2 aromatic rings. The second-order valence-electron chi connectivity index (χ2n) is 5.01. The van der Waals surface area contributed by atoms with Gasteiger partial charge in [-0.1, -0.05) is 19.1 Å². The van der Waals surface area contributed by atoms with Crippen molar-refractivity contribution < 1.29 is 24.2 Å². The molecule has 0 bridgehead atoms. The van der Waals surface area contributed by atoms with E-state index in [0.29, 0.717) is 5.75 Å². The lowest BCUT2D eigenvalue weighted by atomic mass is 10.2. The Morgan fingerprint density at radius 1 is 1.00 bits per heavy atom. The monoisotopic (exact) mass is 314 g/mol. The molecule has 0 spiro atoms. The van der Waals surface area contributed by atoms with Crippen LogP contribution in [0.1, 0.15) is 29.8 Å². The molecule has 23 heavy (non-hydrogen) atoms. The van der Waals surface area contributed by atoms with Gasteiger partial charge in [-0.3, -0.25) is 0 Å². The van der Waals surface area contributed by atoms with E-state index in [9.17, 15) is 9.59 Å². The van der Waals surface area contributed by atoms with Crippen LogP contribution in [0.2, 0.25) is 0 Å². The highest BCUT2D eigenvalue weighted by atomic mass is 16.6. The number of carboxylic acid groups (broad SMARTS) is 1. The number of benzene rings is 2. The van der Waals surface area contributed by atoms with Crippen molar-refractivity contribution in [2.24, 2.45) is 0 Å². The van der Waals surface area contributed by atoms with E-state index in [1.807, 2.05) is 24.3 Å². The number of carbonyl (C=O) groups excluding carboxylic acids is 1. The molecule has 2 rings (SSSR count). The van der Waals surface area contributed by atoms with Gasteiger partial charge in [0.25, 0.3) is 0 Å². The maximum Gasteiger partial charge on any atom is 0.352 e. The first-order valence-corrected chi connectivity index (χ1v) is 7.30. The number of carboxylic acids is 1. The third-order valence-electron chi connectivity index (χ3n) is 3.30. The van der Waals surface area contributed by atoms with Gasteiger partial charge in [0.05, 0.1) is 5.56 Å². The number of aryl methyl sites for hydroxylation is 1. The van der Waals surface area contributed by atoms with Crippen molar-refractivity contribution in [3.05, 3.63) is 59.7 Å². The van der Waals surface area contributed by atoms with Crippen molar-refractivity contribution in [1.82, 2.24) is 0 Å². The van der Waals surface area contributed by atoms with Crippen LogP contribution >= 0.6 is 0 Å². The zero-order valence-electron chi connectivity index (χ0n) is 13.0. The molecule has 0 radical (unpaired) electrons. The fourth-order valence-corrected chi connectivity index (χ4v) is 1.92. The van der Waals surface area contributed by atoms with Crippen LogP contribution in [-0.4, -0.2) is 23.1 Å². The maximum atomic E-state index is 12.0. The molecule has 120 valence electrons. The topological polar surface area (TPSA) is 72.8 Å². The Labute approximate surface area is 134 Å². The molecular weight excluding hydrogens is 296 g/mol. The molecule has 0 aliphatic heterocycles. The van der Waals surface area contributed by atoms with Gasteiger partial charge in [0, 0.05) is 0 Å². The molecule has 0 saturated carbocycles. The van der Waals surface area contributed by atoms with Crippen LogP contribution in [0.15, 0.2) is 48.5 Å². The molecule has 1 N–H and O–H groups in total. The second-order valence-corrected chi connectivity index (χ2v) is 5.01. The highest BCUT2D eigenvalue weighted by Crippen LogP contribution is 2.17. The smallest absolute Gasteiger partial charge is 0.352 e. The standard InChI is InChI=1S/C18H18O5/c1-3-13-4-8-15(9-5-13)22-12(2)18(21)23-16-10-6-14(7-11-16)17(19)20/h4-12H,3H2,1-2H3,(H,19,20). The summed E-state index contributed by atoms with van der Waals surface area (Å²) >= 11 is 0. The Morgan fingerprint density at radius 3 is 2.09 bits per heavy atom. The lowest BCUT2D eigenvalue weighted by Crippen LogP contribution is -2.28. The minimum atomic E-state index is -1.03. The van der Waals surface area contributed by atoms with Crippen LogP contribution in [0, 0.1) is 0 Å². The van der Waals surface area contributed by atoms with Gasteiger partial charge in [-0.25, -0.2) is 9.59 Å². The minimum absolute atomic E-state index is 0.130. The van der Waals surface area contributed by atoms with E-state index in [1.54, 1.807) is 6.92 Å². The molecule has 2 aromatic carbocycles. The van der Waals surface area contributed by atoms with Gasteiger partial charge in [0.2, 0.25) is 0 Å². The predicted octanol–water partition coefficient (Wildman–Crippen LogP) is 3.32. The molecule has 5 heteroatoms. The Kier molecular flexibility index (Phi) is 5.36. The minimum Gasteiger partial charge on any atom is -0.479 e. The summed E-state index contributed by atoms with van der Waals surface area (Å²) in [5.74, 6) is -0.715. The third kappa shape index (κ3) is 4.57. The van der Waals surface area contributed by atoms with Crippen molar-refractivity contribution in [3.63, 3.8) is 0 Å². The van der Waals surface area contributed by atoms with Crippen LogP contribution in [0.3, 0.4) is 0 Å². The first kappa shape index (κ1) is 16.5. The number of esters is 1. The van der Waals surface area contributed by atoms with Crippen molar-refractivity contribution in [3.8, 4) is 11.5 Å². The molecule has 1 atom stereocenters. The molecule has 0 heterocycles. The number of aromatic carboxylic acids is 1. The summed E-state index contributed by atoms with van der Waals surface area (Å²) in [6.45, 7) is 3.66. The van der Waals surface area contributed by atoms with Crippen molar-refractivity contribution >= 4 is 11.9 Å². The quantitative estimate of drug-likeness (QED) is 0.654. The average Bonchev–Trinajstić information content (AvgIpc) is 2.56. The van der Waals surface area contributed by atoms with E-state index in [2.05, 4.69) is 6.92 Å². The van der Waals surface area contributed by atoms with Gasteiger partial charge in [-0.2, -0.15) is 0 Å². The first-order valence-electron chi connectivity index (χ1n) is 7.30. The fourth-order valence-electron chi connectivity index (χ4n) is 1.92. The Bertz CT molecular complexity index is 674. The highest BCUT2D eigenvalue weighted by molar-refractivity contribution is 5.87. The molecule has 0 fully saturated rings. The summed E-state index contributed by atoms with van der Waals surface area (Å²) in [7, 11) is 0. The fraction of sp³-hybridized carbons (Fsp3) is 0.222. The number of carbonyl (C=O) groups is 2. The number of ether oxygens (including phenoxy) is 2. The number of rotatable bonds is 6. The summed E-state index contributed by atoms with van der Waals surface area (Å²) in [5.41, 5.74) is 1.32. The van der Waals surface area contributed by atoms with Crippen LogP contribution in [0.5, 0.6) is 11.5 Å². The van der Waals surface area contributed by atoms with Gasteiger partial charge in [-0.15, -0.1) is 0 Å². The van der Waals surface area contributed by atoms with Gasteiger partial charge < -0.3 is 14.6 Å². The molecule has 1 unspecified atom stereocenters. The summed E-state index contributed by atoms with van der Waals surface area (Å²) < 4.78 is 10.7. The van der Waals surface area contributed by atoms with E-state index in [1.165, 1.54) is 29.8 Å². The number of hydrogen-bond acceptors (Lipinski definition) is 4. The summed E-state index contributed by atoms with van der Waals surface area (Å²) in [5, 5.41) is 8.82. The lowest BCUT2D eigenvalue weighted by Gasteiger charge is -2.14. The average molecular weight is 314 g/mol. The zero-order valence-corrected chi connectivity index (χ0v) is 13.0. The van der Waals surface area contributed by atoms with Crippen molar-refractivity contribution in [2.45, 2.75) is 26.4 Å². The predicted molar refractivity (Wildman–Crippen MR) is 84.9 cm³/mol. The van der Waals surface area contributed by atoms with E-state index in [4.69, 9.17) is 14.6 Å². The van der Waals surface area contributed by atoms with Gasteiger partial charge in [-0.05, 0) is 55.3 Å². The van der Waals surface area contributed by atoms with Crippen LogP contribution in [-0.2, 0) is 11.2 Å². The maximum absolute atomic E-state index is 12.0.